The Kier molecular flexibility index (Phi) is 4.54. The molecule has 0 amide bonds. The van der Waals surface area contributed by atoms with E-state index in [2.05, 4.69) is 27.8 Å². The molecule has 17 heavy (non-hydrogen) atoms. The number of benzene rings is 1. The van der Waals surface area contributed by atoms with Gasteiger partial charge in [0.2, 0.25) is 0 Å². The Morgan fingerprint density at radius 2 is 2.06 bits per heavy atom. The summed E-state index contributed by atoms with van der Waals surface area (Å²) in [7, 11) is 0. The Balaban J connectivity index is 1.95. The molecule has 0 spiro atoms. The lowest BCUT2D eigenvalue weighted by Crippen LogP contribution is -2.46. The monoisotopic (exact) mass is 301 g/mol. The van der Waals surface area contributed by atoms with Crippen LogP contribution in [0.5, 0.6) is 0 Å². The summed E-state index contributed by atoms with van der Waals surface area (Å²) in [6, 6.07) is 6.72. The summed E-state index contributed by atoms with van der Waals surface area (Å²) in [5, 5.41) is 0.858. The second-order valence-electron chi connectivity index (χ2n) is 4.54. The first kappa shape index (κ1) is 13.0. The molecule has 94 valence electrons. The minimum atomic E-state index is -0.178. The number of hydrogen-bond acceptors (Lipinski definition) is 2. The standard InChI is InChI=1S/C13H17BrFNO/c1-10-7-16(9-13(6-14)17-10)8-11-2-4-12(15)5-3-11/h2-5,10,13H,6-9H2,1H3. The van der Waals surface area contributed by atoms with Crippen molar-refractivity contribution in [3.8, 4) is 0 Å². The fourth-order valence-electron chi connectivity index (χ4n) is 2.20. The highest BCUT2D eigenvalue weighted by Crippen LogP contribution is 2.16. The van der Waals surface area contributed by atoms with Crippen LogP contribution in [-0.2, 0) is 11.3 Å². The first-order chi connectivity index (χ1) is 8.17. The molecule has 1 aromatic rings. The van der Waals surface area contributed by atoms with Crippen LogP contribution in [0.1, 0.15) is 12.5 Å². The predicted molar refractivity (Wildman–Crippen MR) is 69.8 cm³/mol. The highest BCUT2D eigenvalue weighted by atomic mass is 79.9. The van der Waals surface area contributed by atoms with Gasteiger partial charge < -0.3 is 4.74 Å². The lowest BCUT2D eigenvalue weighted by Gasteiger charge is -2.36. The number of nitrogens with zero attached hydrogens (tertiary/aromatic N) is 1. The van der Waals surface area contributed by atoms with E-state index in [0.29, 0.717) is 0 Å². The second kappa shape index (κ2) is 5.94. The summed E-state index contributed by atoms with van der Waals surface area (Å²) < 4.78 is 18.6. The molecule has 2 unspecified atom stereocenters. The molecular formula is C13H17BrFNO. The number of morpholine rings is 1. The molecule has 1 aromatic carbocycles. The predicted octanol–water partition coefficient (Wildman–Crippen LogP) is 2.81. The second-order valence-corrected chi connectivity index (χ2v) is 5.19. The van der Waals surface area contributed by atoms with E-state index in [0.717, 1.165) is 30.5 Å². The quantitative estimate of drug-likeness (QED) is 0.796. The molecule has 0 saturated carbocycles. The molecular weight excluding hydrogens is 285 g/mol. The van der Waals surface area contributed by atoms with Crippen molar-refractivity contribution in [2.24, 2.45) is 0 Å². The van der Waals surface area contributed by atoms with Crippen LogP contribution >= 0.6 is 15.9 Å². The highest BCUT2D eigenvalue weighted by molar-refractivity contribution is 9.09. The molecule has 1 aliphatic rings. The van der Waals surface area contributed by atoms with Crippen molar-refractivity contribution in [1.82, 2.24) is 4.90 Å². The summed E-state index contributed by atoms with van der Waals surface area (Å²) >= 11 is 3.46. The zero-order valence-corrected chi connectivity index (χ0v) is 11.5. The van der Waals surface area contributed by atoms with E-state index in [1.165, 1.54) is 12.1 Å². The van der Waals surface area contributed by atoms with Gasteiger partial charge in [0.1, 0.15) is 5.82 Å². The third-order valence-electron chi connectivity index (χ3n) is 2.89. The zero-order valence-electron chi connectivity index (χ0n) is 9.90. The summed E-state index contributed by atoms with van der Waals surface area (Å²) in [4.78, 5) is 2.35. The maximum absolute atomic E-state index is 12.8. The Bertz CT molecular complexity index is 357. The molecule has 0 bridgehead atoms. The number of rotatable bonds is 3. The van der Waals surface area contributed by atoms with Crippen LogP contribution < -0.4 is 0 Å². The number of alkyl halides is 1. The molecule has 2 atom stereocenters. The van der Waals surface area contributed by atoms with Crippen LogP contribution in [0, 0.1) is 5.82 Å². The molecule has 1 saturated heterocycles. The molecule has 0 radical (unpaired) electrons. The van der Waals surface area contributed by atoms with Gasteiger partial charge >= 0.3 is 0 Å². The first-order valence-electron chi connectivity index (χ1n) is 5.85. The van der Waals surface area contributed by atoms with E-state index in [9.17, 15) is 4.39 Å². The Hall–Kier alpha value is -0.450. The minimum absolute atomic E-state index is 0.178. The van der Waals surface area contributed by atoms with E-state index >= 15 is 0 Å². The Labute approximate surface area is 110 Å². The number of hydrogen-bond donors (Lipinski definition) is 0. The molecule has 2 nitrogen and oxygen atoms in total. The van der Waals surface area contributed by atoms with Crippen molar-refractivity contribution in [2.45, 2.75) is 25.7 Å². The van der Waals surface area contributed by atoms with E-state index in [1.54, 1.807) is 0 Å². The van der Waals surface area contributed by atoms with Crippen molar-refractivity contribution in [2.75, 3.05) is 18.4 Å². The van der Waals surface area contributed by atoms with Crippen molar-refractivity contribution >= 4 is 15.9 Å². The van der Waals surface area contributed by atoms with Gasteiger partial charge in [-0.1, -0.05) is 28.1 Å². The maximum atomic E-state index is 12.8. The van der Waals surface area contributed by atoms with Gasteiger partial charge in [0.05, 0.1) is 12.2 Å². The molecule has 0 N–H and O–H groups in total. The zero-order chi connectivity index (χ0) is 12.3. The van der Waals surface area contributed by atoms with E-state index < -0.39 is 0 Å². The van der Waals surface area contributed by atoms with Gasteiger partial charge in [-0.25, -0.2) is 4.39 Å². The van der Waals surface area contributed by atoms with Crippen LogP contribution in [0.4, 0.5) is 4.39 Å². The normalized spacial score (nSPS) is 26.1. The van der Waals surface area contributed by atoms with E-state index in [4.69, 9.17) is 4.74 Å². The van der Waals surface area contributed by atoms with Gasteiger partial charge in [-0.3, -0.25) is 4.90 Å². The lowest BCUT2D eigenvalue weighted by atomic mass is 10.1. The molecule has 1 aliphatic heterocycles. The smallest absolute Gasteiger partial charge is 0.123 e. The van der Waals surface area contributed by atoms with Crippen molar-refractivity contribution < 1.29 is 9.13 Å². The highest BCUT2D eigenvalue weighted by Gasteiger charge is 2.24. The molecule has 2 rings (SSSR count). The third kappa shape index (κ3) is 3.76. The topological polar surface area (TPSA) is 12.5 Å². The molecule has 4 heteroatoms. The van der Waals surface area contributed by atoms with Crippen molar-refractivity contribution in [1.29, 1.82) is 0 Å². The lowest BCUT2D eigenvalue weighted by molar-refractivity contribution is -0.0678. The largest absolute Gasteiger partial charge is 0.372 e. The number of halogens is 2. The summed E-state index contributed by atoms with van der Waals surface area (Å²) in [5.41, 5.74) is 1.15. The number of ether oxygens (including phenoxy) is 1. The molecule has 0 aliphatic carbocycles. The van der Waals surface area contributed by atoms with E-state index in [-0.39, 0.29) is 18.0 Å². The van der Waals surface area contributed by atoms with Crippen LogP contribution in [0.15, 0.2) is 24.3 Å². The molecule has 1 fully saturated rings. The van der Waals surface area contributed by atoms with Crippen LogP contribution in [-0.4, -0.2) is 35.5 Å². The Morgan fingerprint density at radius 3 is 2.71 bits per heavy atom. The average Bonchev–Trinajstić information content (AvgIpc) is 2.31. The molecule has 0 aromatic heterocycles. The van der Waals surface area contributed by atoms with Gasteiger partial charge in [0.25, 0.3) is 0 Å². The van der Waals surface area contributed by atoms with Crippen molar-refractivity contribution in [3.63, 3.8) is 0 Å². The third-order valence-corrected chi connectivity index (χ3v) is 3.62. The maximum Gasteiger partial charge on any atom is 0.123 e. The fourth-order valence-corrected chi connectivity index (χ4v) is 2.56. The van der Waals surface area contributed by atoms with Gasteiger partial charge in [0, 0.05) is 25.0 Å². The van der Waals surface area contributed by atoms with Gasteiger partial charge in [-0.05, 0) is 24.6 Å². The van der Waals surface area contributed by atoms with Gasteiger partial charge in [0.15, 0.2) is 0 Å². The van der Waals surface area contributed by atoms with Crippen molar-refractivity contribution in [3.05, 3.63) is 35.6 Å². The fraction of sp³-hybridized carbons (Fsp3) is 0.538. The first-order valence-corrected chi connectivity index (χ1v) is 6.97. The molecule has 1 heterocycles. The van der Waals surface area contributed by atoms with E-state index in [1.807, 2.05) is 12.1 Å². The SMILES string of the molecule is CC1CN(Cc2ccc(F)cc2)CC(CBr)O1. The van der Waals surface area contributed by atoms with Crippen LogP contribution in [0.3, 0.4) is 0 Å². The minimum Gasteiger partial charge on any atom is -0.372 e. The summed E-state index contributed by atoms with van der Waals surface area (Å²) in [6.45, 7) is 4.80. The summed E-state index contributed by atoms with van der Waals surface area (Å²) in [6.07, 6.45) is 0.506. The van der Waals surface area contributed by atoms with Crippen LogP contribution in [0.25, 0.3) is 0 Å². The van der Waals surface area contributed by atoms with Gasteiger partial charge in [-0.15, -0.1) is 0 Å². The summed E-state index contributed by atoms with van der Waals surface area (Å²) in [5.74, 6) is -0.178. The van der Waals surface area contributed by atoms with Gasteiger partial charge in [-0.2, -0.15) is 0 Å². The Morgan fingerprint density at radius 1 is 1.35 bits per heavy atom. The van der Waals surface area contributed by atoms with Crippen LogP contribution in [0.2, 0.25) is 0 Å². The average molecular weight is 302 g/mol.